The second kappa shape index (κ2) is 6.68. The normalized spacial score (nSPS) is 10.1. The zero-order valence-electron chi connectivity index (χ0n) is 11.2. The van der Waals surface area contributed by atoms with E-state index in [9.17, 15) is 9.90 Å². The van der Waals surface area contributed by atoms with Crippen LogP contribution in [0.2, 0.25) is 0 Å². The van der Waals surface area contributed by atoms with E-state index in [1.807, 2.05) is 24.3 Å². The first-order valence-electron chi connectivity index (χ1n) is 6.20. The number of rotatable bonds is 5. The molecule has 1 aromatic carbocycles. The van der Waals surface area contributed by atoms with Crippen LogP contribution in [0.5, 0.6) is 5.75 Å². The third-order valence-corrected chi connectivity index (χ3v) is 2.84. The summed E-state index contributed by atoms with van der Waals surface area (Å²) in [5, 5.41) is 11.9. The van der Waals surface area contributed by atoms with Gasteiger partial charge in [-0.2, -0.15) is 0 Å². The molecule has 0 bridgehead atoms. The van der Waals surface area contributed by atoms with E-state index in [0.29, 0.717) is 11.4 Å². The molecule has 2 N–H and O–H groups in total. The number of carbonyl (C=O) groups is 1. The van der Waals surface area contributed by atoms with Gasteiger partial charge in [-0.3, -0.25) is 4.79 Å². The predicted molar refractivity (Wildman–Crippen MR) is 75.5 cm³/mol. The van der Waals surface area contributed by atoms with Crippen molar-refractivity contribution in [3.8, 4) is 5.75 Å². The molecule has 0 atom stereocenters. The maximum absolute atomic E-state index is 11.9. The number of hydrogen-bond donors (Lipinski definition) is 2. The molecule has 5 nitrogen and oxygen atoms in total. The van der Waals surface area contributed by atoms with Gasteiger partial charge < -0.3 is 15.2 Å². The minimum atomic E-state index is -0.177. The number of aliphatic hydroxyl groups excluding tert-OH is 1. The quantitative estimate of drug-likeness (QED) is 0.870. The maximum Gasteiger partial charge on any atom is 0.229 e. The highest BCUT2D eigenvalue weighted by Gasteiger charge is 2.08. The van der Waals surface area contributed by atoms with Gasteiger partial charge in [-0.15, -0.1) is 0 Å². The maximum atomic E-state index is 11.9. The summed E-state index contributed by atoms with van der Waals surface area (Å²) in [6.07, 6.45) is 1.81. The first-order valence-corrected chi connectivity index (χ1v) is 6.20. The molecule has 1 aromatic heterocycles. The second-order valence-electron chi connectivity index (χ2n) is 4.24. The minimum absolute atomic E-state index is 0.161. The third-order valence-electron chi connectivity index (χ3n) is 2.84. The second-order valence-corrected chi connectivity index (χ2v) is 4.24. The highest BCUT2D eigenvalue weighted by Crippen LogP contribution is 2.14. The number of anilines is 1. The zero-order valence-corrected chi connectivity index (χ0v) is 11.2. The molecule has 0 unspecified atom stereocenters. The van der Waals surface area contributed by atoms with E-state index in [0.717, 1.165) is 11.3 Å². The predicted octanol–water partition coefficient (Wildman–Crippen LogP) is 1.76. The Kier molecular flexibility index (Phi) is 4.68. The Morgan fingerprint density at radius 1 is 1.30 bits per heavy atom. The van der Waals surface area contributed by atoms with Crippen LogP contribution in [-0.2, 0) is 17.8 Å². The zero-order chi connectivity index (χ0) is 14.4. The fraction of sp³-hybridized carbons (Fsp3) is 0.200. The van der Waals surface area contributed by atoms with Crippen molar-refractivity contribution < 1.29 is 14.6 Å². The lowest BCUT2D eigenvalue weighted by atomic mass is 10.1. The Hall–Kier alpha value is -2.40. The molecular weight excluding hydrogens is 256 g/mol. The van der Waals surface area contributed by atoms with Crippen molar-refractivity contribution >= 4 is 11.7 Å². The van der Waals surface area contributed by atoms with Crippen LogP contribution in [0.4, 0.5) is 5.82 Å². The van der Waals surface area contributed by atoms with Crippen LogP contribution in [0.3, 0.4) is 0 Å². The SMILES string of the molecule is COc1ccc(CC(=O)Nc2ncccc2CO)cc1. The summed E-state index contributed by atoms with van der Waals surface area (Å²) in [7, 11) is 1.60. The van der Waals surface area contributed by atoms with Gasteiger partial charge in [-0.05, 0) is 23.8 Å². The first kappa shape index (κ1) is 14.0. The van der Waals surface area contributed by atoms with Gasteiger partial charge in [-0.25, -0.2) is 4.98 Å². The van der Waals surface area contributed by atoms with Crippen LogP contribution in [0.25, 0.3) is 0 Å². The standard InChI is InChI=1S/C15H16N2O3/c1-20-13-6-4-11(5-7-13)9-14(19)17-15-12(10-18)3-2-8-16-15/h2-8,18H,9-10H2,1H3,(H,16,17,19). The van der Waals surface area contributed by atoms with Crippen molar-refractivity contribution in [3.05, 3.63) is 53.7 Å². The van der Waals surface area contributed by atoms with Crippen molar-refractivity contribution in [1.82, 2.24) is 4.98 Å². The number of aromatic nitrogens is 1. The molecule has 0 aliphatic carbocycles. The number of methoxy groups -OCH3 is 1. The van der Waals surface area contributed by atoms with Crippen LogP contribution in [0, 0.1) is 0 Å². The molecule has 0 saturated heterocycles. The molecule has 0 fully saturated rings. The summed E-state index contributed by atoms with van der Waals surface area (Å²) in [5.74, 6) is 0.971. The summed E-state index contributed by atoms with van der Waals surface area (Å²) in [6.45, 7) is -0.161. The van der Waals surface area contributed by atoms with Gasteiger partial charge in [0.2, 0.25) is 5.91 Å². The topological polar surface area (TPSA) is 71.5 Å². The molecular formula is C15H16N2O3. The smallest absolute Gasteiger partial charge is 0.229 e. The highest BCUT2D eigenvalue weighted by molar-refractivity contribution is 5.92. The number of hydrogen-bond acceptors (Lipinski definition) is 4. The van der Waals surface area contributed by atoms with E-state index in [1.54, 1.807) is 25.4 Å². The highest BCUT2D eigenvalue weighted by atomic mass is 16.5. The molecule has 20 heavy (non-hydrogen) atoms. The van der Waals surface area contributed by atoms with Crippen molar-refractivity contribution in [2.24, 2.45) is 0 Å². The molecule has 1 heterocycles. The van der Waals surface area contributed by atoms with E-state index in [2.05, 4.69) is 10.3 Å². The summed E-state index contributed by atoms with van der Waals surface area (Å²) in [4.78, 5) is 16.0. The van der Waals surface area contributed by atoms with Crippen LogP contribution in [-0.4, -0.2) is 23.1 Å². The van der Waals surface area contributed by atoms with Gasteiger partial charge in [0, 0.05) is 11.8 Å². The van der Waals surface area contributed by atoms with Crippen molar-refractivity contribution in [3.63, 3.8) is 0 Å². The molecule has 2 aromatic rings. The Bertz CT molecular complexity index is 582. The fourth-order valence-corrected chi connectivity index (χ4v) is 1.78. The van der Waals surface area contributed by atoms with Crippen LogP contribution in [0.15, 0.2) is 42.6 Å². The summed E-state index contributed by atoms with van der Waals surface area (Å²) >= 11 is 0. The van der Waals surface area contributed by atoms with Crippen molar-refractivity contribution in [1.29, 1.82) is 0 Å². The van der Waals surface area contributed by atoms with Crippen molar-refractivity contribution in [2.75, 3.05) is 12.4 Å². The van der Waals surface area contributed by atoms with Crippen LogP contribution < -0.4 is 10.1 Å². The fourth-order valence-electron chi connectivity index (χ4n) is 1.78. The van der Waals surface area contributed by atoms with Gasteiger partial charge in [0.05, 0.1) is 20.1 Å². The van der Waals surface area contributed by atoms with Gasteiger partial charge in [0.1, 0.15) is 11.6 Å². The lowest BCUT2D eigenvalue weighted by Gasteiger charge is -2.08. The van der Waals surface area contributed by atoms with Gasteiger partial charge in [0.15, 0.2) is 0 Å². The van der Waals surface area contributed by atoms with Crippen molar-refractivity contribution in [2.45, 2.75) is 13.0 Å². The monoisotopic (exact) mass is 272 g/mol. The lowest BCUT2D eigenvalue weighted by molar-refractivity contribution is -0.115. The number of ether oxygens (including phenoxy) is 1. The molecule has 0 spiro atoms. The third kappa shape index (κ3) is 3.55. The Balaban J connectivity index is 2.01. The van der Waals surface area contributed by atoms with Gasteiger partial charge in [-0.1, -0.05) is 18.2 Å². The number of nitrogens with zero attached hydrogens (tertiary/aromatic N) is 1. The Morgan fingerprint density at radius 3 is 2.70 bits per heavy atom. The molecule has 0 saturated carbocycles. The average Bonchev–Trinajstić information content (AvgIpc) is 2.48. The first-order chi connectivity index (χ1) is 9.72. The number of benzene rings is 1. The summed E-state index contributed by atoms with van der Waals surface area (Å²) in [5.41, 5.74) is 1.47. The van der Waals surface area contributed by atoms with E-state index < -0.39 is 0 Å². The number of carbonyl (C=O) groups excluding carboxylic acids is 1. The molecule has 0 aliphatic heterocycles. The van der Waals surface area contributed by atoms with E-state index in [-0.39, 0.29) is 18.9 Å². The Morgan fingerprint density at radius 2 is 2.05 bits per heavy atom. The molecule has 0 aliphatic rings. The number of aliphatic hydroxyl groups is 1. The minimum Gasteiger partial charge on any atom is -0.497 e. The van der Waals surface area contributed by atoms with Gasteiger partial charge >= 0.3 is 0 Å². The van der Waals surface area contributed by atoms with Crippen LogP contribution in [0.1, 0.15) is 11.1 Å². The van der Waals surface area contributed by atoms with E-state index in [1.165, 1.54) is 0 Å². The number of amides is 1. The molecule has 104 valence electrons. The van der Waals surface area contributed by atoms with Gasteiger partial charge in [0.25, 0.3) is 0 Å². The van der Waals surface area contributed by atoms with E-state index >= 15 is 0 Å². The largest absolute Gasteiger partial charge is 0.497 e. The molecule has 0 radical (unpaired) electrons. The Labute approximate surface area is 117 Å². The summed E-state index contributed by atoms with van der Waals surface area (Å²) in [6, 6.07) is 10.7. The van der Waals surface area contributed by atoms with Crippen LogP contribution >= 0.6 is 0 Å². The number of pyridine rings is 1. The average molecular weight is 272 g/mol. The summed E-state index contributed by atoms with van der Waals surface area (Å²) < 4.78 is 5.06. The van der Waals surface area contributed by atoms with E-state index in [4.69, 9.17) is 4.74 Å². The molecule has 2 rings (SSSR count). The lowest BCUT2D eigenvalue weighted by Crippen LogP contribution is -2.16. The number of nitrogens with one attached hydrogen (secondary N) is 1. The molecule has 1 amide bonds. The molecule has 5 heteroatoms.